The van der Waals surface area contributed by atoms with Gasteiger partial charge in [-0.2, -0.15) is 24.8 Å². The van der Waals surface area contributed by atoms with E-state index < -0.39 is 0 Å². The molecule has 0 saturated heterocycles. The number of allylic oxidation sites excluding steroid dienone is 2. The van der Waals surface area contributed by atoms with Crippen molar-refractivity contribution in [3.8, 4) is 0 Å². The molecule has 0 spiro atoms. The molecule has 0 amide bonds. The van der Waals surface area contributed by atoms with Crippen LogP contribution in [0.25, 0.3) is 12.2 Å². The Labute approximate surface area is 123 Å². The van der Waals surface area contributed by atoms with E-state index in [1.807, 2.05) is 13.8 Å². The summed E-state index contributed by atoms with van der Waals surface area (Å²) in [5.41, 5.74) is 0.773. The molecular weight excluding hydrogens is 404 g/mol. The van der Waals surface area contributed by atoms with Crippen molar-refractivity contribution in [2.24, 2.45) is 0 Å². The van der Waals surface area contributed by atoms with Crippen LogP contribution in [0.15, 0.2) is 30.4 Å². The zero-order valence-electron chi connectivity index (χ0n) is 9.93. The molecule has 1 aromatic rings. The first-order chi connectivity index (χ1) is 7.29. The van der Waals surface area contributed by atoms with Crippen LogP contribution in [0, 0.1) is 6.08 Å². The average Bonchev–Trinajstić information content (AvgIpc) is 2.30. The largest absolute Gasteiger partial charge is 2.00 e. The van der Waals surface area contributed by atoms with Crippen molar-refractivity contribution < 1.29 is 21.1 Å². The Hall–Kier alpha value is -0.862. The van der Waals surface area contributed by atoms with Crippen molar-refractivity contribution in [3.63, 3.8) is 0 Å². The monoisotopic (exact) mass is 420 g/mol. The number of thiol groups is 1. The predicted molar refractivity (Wildman–Crippen MR) is 73.0 cm³/mol. The number of rotatable bonds is 3. The molecule has 1 heterocycles. The zero-order chi connectivity index (χ0) is 11.7. The van der Waals surface area contributed by atoms with Crippen LogP contribution in [0.3, 0.4) is 0 Å². The van der Waals surface area contributed by atoms with Crippen LogP contribution in [0.4, 0.5) is 0 Å². The van der Waals surface area contributed by atoms with Gasteiger partial charge in [-0.05, 0) is 5.56 Å². The quantitative estimate of drug-likeness (QED) is 0.353. The average molecular weight is 420 g/mol. The molecule has 1 aromatic heterocycles. The molecule has 0 unspecified atom stereocenters. The van der Waals surface area contributed by atoms with Crippen molar-refractivity contribution in [1.82, 2.24) is 9.97 Å². The van der Waals surface area contributed by atoms with E-state index in [9.17, 15) is 4.79 Å². The van der Waals surface area contributed by atoms with Crippen molar-refractivity contribution in [2.75, 3.05) is 0 Å². The Kier molecular flexibility index (Phi) is 16.6. The third-order valence-corrected chi connectivity index (χ3v) is 1.46. The van der Waals surface area contributed by atoms with Crippen LogP contribution in [-0.2, 0) is 34.6 Å². The summed E-state index contributed by atoms with van der Waals surface area (Å²) in [4.78, 5) is 17.7. The minimum Gasteiger partial charge on any atom is -0.813 e. The van der Waals surface area contributed by atoms with Crippen molar-refractivity contribution in [1.29, 1.82) is 0 Å². The van der Waals surface area contributed by atoms with Crippen molar-refractivity contribution in [3.05, 3.63) is 53.2 Å². The number of H-pyrrole nitrogens is 1. The van der Waals surface area contributed by atoms with Crippen LogP contribution in [0.2, 0.25) is 0 Å². The van der Waals surface area contributed by atoms with Crippen LogP contribution >= 0.6 is 0 Å². The van der Waals surface area contributed by atoms with E-state index in [1.165, 1.54) is 24.6 Å². The second-order valence-corrected chi connectivity index (χ2v) is 2.25. The molecule has 0 saturated carbocycles. The summed E-state index contributed by atoms with van der Waals surface area (Å²) in [5.74, 6) is 0. The van der Waals surface area contributed by atoms with Crippen LogP contribution < -0.4 is 5.56 Å². The number of hydrogen-bond donors (Lipinski definition) is 1. The molecule has 0 fully saturated rings. The van der Waals surface area contributed by atoms with Gasteiger partial charge in [0, 0.05) is 5.69 Å². The second kappa shape index (κ2) is 13.2. The van der Waals surface area contributed by atoms with E-state index in [2.05, 4.69) is 29.2 Å². The van der Waals surface area contributed by atoms with Gasteiger partial charge in [0.1, 0.15) is 0 Å². The Morgan fingerprint density at radius 1 is 1.41 bits per heavy atom. The Morgan fingerprint density at radius 2 is 2.00 bits per heavy atom. The van der Waals surface area contributed by atoms with Gasteiger partial charge < -0.3 is 18.5 Å². The molecule has 0 atom stereocenters. The van der Waals surface area contributed by atoms with Crippen LogP contribution in [0.5, 0.6) is 0 Å². The van der Waals surface area contributed by atoms with Gasteiger partial charge in [0.05, 0.1) is 6.33 Å². The second-order valence-electron chi connectivity index (χ2n) is 2.25. The molecule has 17 heavy (non-hydrogen) atoms. The van der Waals surface area contributed by atoms with Gasteiger partial charge in [-0.25, -0.2) is 0 Å². The molecule has 1 rings (SSSR count). The predicted octanol–water partition coefficient (Wildman–Crippen LogP) is 2.17. The normalized spacial score (nSPS) is 8.12. The number of hydrogen-bond acceptors (Lipinski definition) is 3. The first-order valence-electron chi connectivity index (χ1n) is 4.70. The maximum absolute atomic E-state index is 11.3. The van der Waals surface area contributed by atoms with Crippen molar-refractivity contribution >= 4 is 25.6 Å². The minimum absolute atomic E-state index is 0. The number of aromatic nitrogens is 2. The SMILES string of the molecule is C=C[C-]=Cc1c(C=C)nc[nH]c1=O.CC.[SH-].[W+2]. The van der Waals surface area contributed by atoms with Crippen molar-refractivity contribution in [2.45, 2.75) is 13.8 Å². The minimum atomic E-state index is -0.209. The smallest absolute Gasteiger partial charge is 0.813 e. The maximum atomic E-state index is 11.3. The number of nitrogens with zero attached hydrogens (tertiary/aromatic N) is 1. The fraction of sp³-hybridized carbons (Fsp3) is 0.167. The fourth-order valence-corrected chi connectivity index (χ4v) is 0.868. The summed E-state index contributed by atoms with van der Waals surface area (Å²) in [6, 6.07) is 0. The van der Waals surface area contributed by atoms with Gasteiger partial charge in [-0.3, -0.25) is 9.78 Å². The summed E-state index contributed by atoms with van der Waals surface area (Å²) in [6.45, 7) is 11.0. The molecule has 1 N–H and O–H groups in total. The number of nitrogens with one attached hydrogen (secondary N) is 1. The third kappa shape index (κ3) is 7.13. The molecule has 0 aromatic carbocycles. The van der Waals surface area contributed by atoms with Gasteiger partial charge in [0.2, 0.25) is 5.56 Å². The molecular formula is C12H16N2OSW. The van der Waals surface area contributed by atoms with Gasteiger partial charge in [-0.15, -0.1) is 0 Å². The summed E-state index contributed by atoms with van der Waals surface area (Å²) in [6.07, 6.45) is 8.56. The third-order valence-electron chi connectivity index (χ3n) is 1.46. The standard InChI is InChI=1S/C10H9N2O.C2H6.H2S.W/c1-3-5-6-8-9(4-2)11-7-12-10(8)13;1-2;;/h3-4,6-7H,1-2H2,(H,11,12,13);1-2H3;1H2;/q-1;;;+2/p-1. The van der Waals surface area contributed by atoms with E-state index >= 15 is 0 Å². The van der Waals surface area contributed by atoms with Crippen LogP contribution in [-0.4, -0.2) is 9.97 Å². The summed E-state index contributed by atoms with van der Waals surface area (Å²) >= 11 is 0. The molecule has 5 heteroatoms. The van der Waals surface area contributed by atoms with E-state index in [-0.39, 0.29) is 40.1 Å². The summed E-state index contributed by atoms with van der Waals surface area (Å²) in [7, 11) is 0. The molecule has 0 bridgehead atoms. The van der Waals surface area contributed by atoms with Gasteiger partial charge >= 0.3 is 21.1 Å². The Morgan fingerprint density at radius 3 is 2.47 bits per heavy atom. The van der Waals surface area contributed by atoms with Gasteiger partial charge in [0.25, 0.3) is 0 Å². The summed E-state index contributed by atoms with van der Waals surface area (Å²) < 4.78 is 0. The van der Waals surface area contributed by atoms with Gasteiger partial charge in [0.15, 0.2) is 0 Å². The fourth-order valence-electron chi connectivity index (χ4n) is 0.868. The summed E-state index contributed by atoms with van der Waals surface area (Å²) in [5, 5.41) is 0. The Balaban J connectivity index is -0.000000464. The van der Waals surface area contributed by atoms with E-state index in [0.717, 1.165) is 0 Å². The van der Waals surface area contributed by atoms with E-state index in [4.69, 9.17) is 0 Å². The molecule has 92 valence electrons. The molecule has 0 aliphatic heterocycles. The number of aromatic amines is 1. The van der Waals surface area contributed by atoms with Crippen LogP contribution in [0.1, 0.15) is 25.1 Å². The molecule has 3 nitrogen and oxygen atoms in total. The van der Waals surface area contributed by atoms with E-state index in [1.54, 1.807) is 0 Å². The first kappa shape index (κ1) is 21.4. The maximum Gasteiger partial charge on any atom is 2.00 e. The topological polar surface area (TPSA) is 45.8 Å². The van der Waals surface area contributed by atoms with Gasteiger partial charge in [-0.1, -0.05) is 26.5 Å². The first-order valence-corrected chi connectivity index (χ1v) is 4.70. The molecule has 0 aliphatic rings. The van der Waals surface area contributed by atoms with E-state index in [0.29, 0.717) is 11.3 Å². The molecule has 0 radical (unpaired) electrons. The zero-order valence-corrected chi connectivity index (χ0v) is 13.8. The molecule has 0 aliphatic carbocycles. The Bertz CT molecular complexity index is 413.